The van der Waals surface area contributed by atoms with Crippen LogP contribution in [0.15, 0.2) is 0 Å². The molecule has 0 amide bonds. The maximum Gasteiger partial charge on any atom is 0.303 e. The minimum atomic E-state index is -3.45. The first-order valence-electron chi connectivity index (χ1n) is 7.43. The Bertz CT molecular complexity index is 416. The van der Waals surface area contributed by atoms with Gasteiger partial charge in [0.05, 0.1) is 12.2 Å². The molecule has 7 nitrogen and oxygen atoms in total. The second kappa shape index (κ2) is 8.67. The van der Waals surface area contributed by atoms with E-state index >= 15 is 0 Å². The van der Waals surface area contributed by atoms with Crippen LogP contribution in [0, 0.1) is 0 Å². The van der Waals surface area contributed by atoms with Gasteiger partial charge in [-0.1, -0.05) is 12.8 Å². The Balaban J connectivity index is 2.22. The standard InChI is InChI=1S/C13H26N2O5S/c1-11-9-15(10-12(2)20-11)21(18,19)14-8-6-4-3-5-7-13(16)17/h11-12,14H,3-10H2,1-2H3,(H,16,17). The Labute approximate surface area is 126 Å². The molecule has 0 bridgehead atoms. The van der Waals surface area contributed by atoms with Crippen LogP contribution in [-0.2, 0) is 19.7 Å². The molecule has 0 radical (unpaired) electrons. The molecule has 0 aliphatic carbocycles. The monoisotopic (exact) mass is 322 g/mol. The zero-order valence-electron chi connectivity index (χ0n) is 12.7. The van der Waals surface area contributed by atoms with Crippen LogP contribution in [0.4, 0.5) is 0 Å². The summed E-state index contributed by atoms with van der Waals surface area (Å²) >= 11 is 0. The fraction of sp³-hybridized carbons (Fsp3) is 0.923. The first-order chi connectivity index (χ1) is 9.81. The maximum atomic E-state index is 12.1. The second-order valence-corrected chi connectivity index (χ2v) is 7.29. The van der Waals surface area contributed by atoms with Crippen LogP contribution in [-0.4, -0.2) is 55.6 Å². The molecule has 1 aliphatic rings. The summed E-state index contributed by atoms with van der Waals surface area (Å²) in [4.78, 5) is 10.3. The van der Waals surface area contributed by atoms with Crippen LogP contribution in [0.3, 0.4) is 0 Å². The predicted octanol–water partition coefficient (Wildman–Crippen LogP) is 0.965. The van der Waals surface area contributed by atoms with Crippen molar-refractivity contribution < 1.29 is 23.1 Å². The van der Waals surface area contributed by atoms with Gasteiger partial charge in [0.1, 0.15) is 0 Å². The summed E-state index contributed by atoms with van der Waals surface area (Å²) in [6.45, 7) is 4.85. The lowest BCUT2D eigenvalue weighted by Crippen LogP contribution is -2.52. The van der Waals surface area contributed by atoms with Gasteiger partial charge in [0.15, 0.2) is 0 Å². The molecule has 0 aromatic carbocycles. The fourth-order valence-electron chi connectivity index (χ4n) is 2.37. The number of aliphatic carboxylic acids is 1. The van der Waals surface area contributed by atoms with Crippen LogP contribution in [0.1, 0.15) is 46.0 Å². The Morgan fingerprint density at radius 3 is 2.33 bits per heavy atom. The first-order valence-corrected chi connectivity index (χ1v) is 8.87. The number of carboxylic acid groups (broad SMARTS) is 1. The highest BCUT2D eigenvalue weighted by Crippen LogP contribution is 2.13. The summed E-state index contributed by atoms with van der Waals surface area (Å²) in [6.07, 6.45) is 2.97. The lowest BCUT2D eigenvalue weighted by atomic mass is 10.1. The van der Waals surface area contributed by atoms with E-state index in [1.54, 1.807) is 0 Å². The van der Waals surface area contributed by atoms with E-state index in [0.29, 0.717) is 32.5 Å². The molecule has 2 atom stereocenters. The Hall–Kier alpha value is -0.700. The lowest BCUT2D eigenvalue weighted by molar-refractivity contribution is -0.137. The Kier molecular flexibility index (Phi) is 7.58. The van der Waals surface area contributed by atoms with Crippen molar-refractivity contribution in [2.45, 2.75) is 58.2 Å². The fourth-order valence-corrected chi connectivity index (χ4v) is 3.77. The third kappa shape index (κ3) is 7.21. The molecule has 1 rings (SSSR count). The smallest absolute Gasteiger partial charge is 0.303 e. The van der Waals surface area contributed by atoms with E-state index in [-0.39, 0.29) is 18.6 Å². The second-order valence-electron chi connectivity index (χ2n) is 5.53. The van der Waals surface area contributed by atoms with Gasteiger partial charge in [-0.2, -0.15) is 12.7 Å². The highest BCUT2D eigenvalue weighted by molar-refractivity contribution is 7.87. The van der Waals surface area contributed by atoms with Gasteiger partial charge in [-0.3, -0.25) is 4.79 Å². The van der Waals surface area contributed by atoms with Gasteiger partial charge in [0.25, 0.3) is 10.2 Å². The molecule has 2 unspecified atom stereocenters. The normalized spacial score (nSPS) is 24.1. The molecule has 0 spiro atoms. The van der Waals surface area contributed by atoms with E-state index in [4.69, 9.17) is 9.84 Å². The van der Waals surface area contributed by atoms with Crippen molar-refractivity contribution in [1.82, 2.24) is 9.03 Å². The summed E-state index contributed by atoms with van der Waals surface area (Å²) in [5.41, 5.74) is 0. The van der Waals surface area contributed by atoms with Crippen molar-refractivity contribution >= 4 is 16.2 Å². The van der Waals surface area contributed by atoms with Gasteiger partial charge in [-0.15, -0.1) is 0 Å². The van der Waals surface area contributed by atoms with Crippen molar-refractivity contribution in [3.63, 3.8) is 0 Å². The van der Waals surface area contributed by atoms with E-state index in [2.05, 4.69) is 4.72 Å². The summed E-state index contributed by atoms with van der Waals surface area (Å²) in [6, 6.07) is 0. The SMILES string of the molecule is CC1CN(S(=O)(=O)NCCCCCCC(=O)O)CC(C)O1. The number of unbranched alkanes of at least 4 members (excludes halogenated alkanes) is 3. The van der Waals surface area contributed by atoms with E-state index in [1.165, 1.54) is 4.31 Å². The summed E-state index contributed by atoms with van der Waals surface area (Å²) in [7, 11) is -3.45. The zero-order chi connectivity index (χ0) is 15.9. The van der Waals surface area contributed by atoms with Crippen LogP contribution >= 0.6 is 0 Å². The molecular weight excluding hydrogens is 296 g/mol. The number of carbonyl (C=O) groups is 1. The molecule has 0 saturated carbocycles. The maximum absolute atomic E-state index is 12.1. The molecule has 2 N–H and O–H groups in total. The average Bonchev–Trinajstić information content (AvgIpc) is 2.36. The number of nitrogens with zero attached hydrogens (tertiary/aromatic N) is 1. The number of morpholine rings is 1. The molecule has 0 aromatic heterocycles. The number of nitrogens with one attached hydrogen (secondary N) is 1. The number of ether oxygens (including phenoxy) is 1. The predicted molar refractivity (Wildman–Crippen MR) is 79.2 cm³/mol. The molecule has 8 heteroatoms. The zero-order valence-corrected chi connectivity index (χ0v) is 13.6. The number of hydrogen-bond acceptors (Lipinski definition) is 4. The topological polar surface area (TPSA) is 95.9 Å². The van der Waals surface area contributed by atoms with Gasteiger partial charge in [0, 0.05) is 26.1 Å². The average molecular weight is 322 g/mol. The van der Waals surface area contributed by atoms with Gasteiger partial charge < -0.3 is 9.84 Å². The molecule has 1 heterocycles. The van der Waals surface area contributed by atoms with Crippen molar-refractivity contribution in [2.24, 2.45) is 0 Å². The van der Waals surface area contributed by atoms with Crippen molar-refractivity contribution in [3.8, 4) is 0 Å². The molecule has 1 fully saturated rings. The number of rotatable bonds is 9. The third-order valence-corrected chi connectivity index (χ3v) is 4.87. The van der Waals surface area contributed by atoms with Crippen LogP contribution in [0.25, 0.3) is 0 Å². The number of carboxylic acids is 1. The number of hydrogen-bond donors (Lipinski definition) is 2. The molecule has 124 valence electrons. The highest BCUT2D eigenvalue weighted by atomic mass is 32.2. The summed E-state index contributed by atoms with van der Waals surface area (Å²) < 4.78 is 33.8. The lowest BCUT2D eigenvalue weighted by Gasteiger charge is -2.34. The van der Waals surface area contributed by atoms with E-state index < -0.39 is 16.2 Å². The first kappa shape index (κ1) is 18.3. The largest absolute Gasteiger partial charge is 0.481 e. The van der Waals surface area contributed by atoms with E-state index in [0.717, 1.165) is 12.8 Å². The Morgan fingerprint density at radius 2 is 1.76 bits per heavy atom. The van der Waals surface area contributed by atoms with Crippen molar-refractivity contribution in [1.29, 1.82) is 0 Å². The molecule has 0 aromatic rings. The summed E-state index contributed by atoms with van der Waals surface area (Å²) in [5, 5.41) is 8.50. The molecule has 21 heavy (non-hydrogen) atoms. The van der Waals surface area contributed by atoms with Gasteiger partial charge >= 0.3 is 5.97 Å². The van der Waals surface area contributed by atoms with E-state index in [9.17, 15) is 13.2 Å². The van der Waals surface area contributed by atoms with Gasteiger partial charge in [-0.05, 0) is 26.7 Å². The van der Waals surface area contributed by atoms with E-state index in [1.807, 2.05) is 13.8 Å². The van der Waals surface area contributed by atoms with Crippen LogP contribution in [0.5, 0.6) is 0 Å². The molecular formula is C13H26N2O5S. The highest BCUT2D eigenvalue weighted by Gasteiger charge is 2.30. The van der Waals surface area contributed by atoms with Gasteiger partial charge in [0.2, 0.25) is 0 Å². The minimum absolute atomic E-state index is 0.0960. The molecule has 1 aliphatic heterocycles. The van der Waals surface area contributed by atoms with Crippen molar-refractivity contribution in [2.75, 3.05) is 19.6 Å². The Morgan fingerprint density at radius 1 is 1.19 bits per heavy atom. The third-order valence-electron chi connectivity index (χ3n) is 3.33. The summed E-state index contributed by atoms with van der Waals surface area (Å²) in [5.74, 6) is -0.786. The van der Waals surface area contributed by atoms with Crippen LogP contribution < -0.4 is 4.72 Å². The van der Waals surface area contributed by atoms with Gasteiger partial charge in [-0.25, -0.2) is 4.72 Å². The van der Waals surface area contributed by atoms with Crippen molar-refractivity contribution in [3.05, 3.63) is 0 Å². The molecule has 1 saturated heterocycles. The minimum Gasteiger partial charge on any atom is -0.481 e. The quantitative estimate of drug-likeness (QED) is 0.617. The van der Waals surface area contributed by atoms with Crippen LogP contribution in [0.2, 0.25) is 0 Å².